The van der Waals surface area contributed by atoms with Gasteiger partial charge < -0.3 is 4.57 Å². The van der Waals surface area contributed by atoms with Crippen molar-refractivity contribution in [1.29, 1.82) is 0 Å². The second kappa shape index (κ2) is 6.25. The normalized spacial score (nSPS) is 26.4. The number of hydrogen-bond donors (Lipinski definition) is 0. The molecule has 0 aliphatic carbocycles. The molecule has 0 N–H and O–H groups in total. The van der Waals surface area contributed by atoms with Gasteiger partial charge in [0, 0.05) is 39.1 Å². The molecule has 0 spiro atoms. The lowest BCUT2D eigenvalue weighted by Gasteiger charge is -2.37. The van der Waals surface area contributed by atoms with Crippen molar-refractivity contribution in [1.82, 2.24) is 23.4 Å². The molecule has 2 saturated heterocycles. The minimum Gasteiger partial charge on any atom is -0.320 e. The maximum absolute atomic E-state index is 12.9. The Morgan fingerprint density at radius 1 is 1.14 bits per heavy atom. The van der Waals surface area contributed by atoms with Crippen molar-refractivity contribution in [3.05, 3.63) is 12.2 Å². The summed E-state index contributed by atoms with van der Waals surface area (Å²) in [5.74, 6) is 1.64. The maximum atomic E-state index is 12.9. The molecule has 0 amide bonds. The Morgan fingerprint density at radius 3 is 2.50 bits per heavy atom. The van der Waals surface area contributed by atoms with Crippen molar-refractivity contribution in [3.63, 3.8) is 0 Å². The Bertz CT molecular complexity index is 607. The molecular formula is C14H25N5O2S. The van der Waals surface area contributed by atoms with E-state index in [0.29, 0.717) is 32.1 Å². The molecule has 2 aliphatic rings. The molecule has 0 bridgehead atoms. The summed E-state index contributed by atoms with van der Waals surface area (Å²) in [6, 6.07) is 0. The lowest BCUT2D eigenvalue weighted by molar-refractivity contribution is 0.243. The summed E-state index contributed by atoms with van der Waals surface area (Å²) < 4.78 is 30.9. The van der Waals surface area contributed by atoms with Gasteiger partial charge in [-0.3, -0.25) is 0 Å². The van der Waals surface area contributed by atoms with Crippen molar-refractivity contribution >= 4 is 10.2 Å². The molecule has 0 aromatic carbocycles. The molecule has 22 heavy (non-hydrogen) atoms. The first-order valence-electron chi connectivity index (χ1n) is 8.07. The van der Waals surface area contributed by atoms with Gasteiger partial charge >= 0.3 is 0 Å². The van der Waals surface area contributed by atoms with Crippen molar-refractivity contribution < 1.29 is 8.42 Å². The fraction of sp³-hybridized carbons (Fsp3) is 0.857. The zero-order chi connectivity index (χ0) is 15.7. The summed E-state index contributed by atoms with van der Waals surface area (Å²) >= 11 is 0. The van der Waals surface area contributed by atoms with Crippen LogP contribution in [0.25, 0.3) is 0 Å². The molecule has 124 valence electrons. The molecule has 2 fully saturated rings. The predicted octanol–water partition coefficient (Wildman–Crippen LogP) is 0.971. The van der Waals surface area contributed by atoms with Crippen LogP contribution in [-0.4, -0.2) is 58.0 Å². The zero-order valence-electron chi connectivity index (χ0n) is 13.3. The number of aromatic nitrogens is 3. The second-order valence-electron chi connectivity index (χ2n) is 6.59. The van der Waals surface area contributed by atoms with Crippen LogP contribution in [0.2, 0.25) is 0 Å². The molecule has 1 aromatic rings. The Labute approximate surface area is 132 Å². The van der Waals surface area contributed by atoms with Gasteiger partial charge in [0.25, 0.3) is 10.2 Å². The van der Waals surface area contributed by atoms with Crippen LogP contribution in [0.4, 0.5) is 0 Å². The highest BCUT2D eigenvalue weighted by Crippen LogP contribution is 2.29. The van der Waals surface area contributed by atoms with Crippen molar-refractivity contribution in [3.8, 4) is 0 Å². The van der Waals surface area contributed by atoms with Crippen molar-refractivity contribution in [2.45, 2.75) is 38.5 Å². The molecular weight excluding hydrogens is 302 g/mol. The highest BCUT2D eigenvalue weighted by Gasteiger charge is 2.36. The highest BCUT2D eigenvalue weighted by molar-refractivity contribution is 7.86. The molecule has 0 radical (unpaired) electrons. The summed E-state index contributed by atoms with van der Waals surface area (Å²) in [4.78, 5) is 0. The van der Waals surface area contributed by atoms with Crippen LogP contribution in [-0.2, 0) is 17.3 Å². The molecule has 2 aliphatic heterocycles. The van der Waals surface area contributed by atoms with Gasteiger partial charge in [0.1, 0.15) is 12.2 Å². The summed E-state index contributed by atoms with van der Waals surface area (Å²) in [7, 11) is -1.42. The van der Waals surface area contributed by atoms with Crippen LogP contribution in [0.5, 0.6) is 0 Å². The standard InChI is InChI=1S/C14H25N5O2S/c1-12-5-8-18(9-6-12)22(20,21)19-7-3-4-13(10-19)14-16-15-11-17(14)2/h11-13H,3-10H2,1-2H3/t13-/m1/s1. The van der Waals surface area contributed by atoms with Crippen molar-refractivity contribution in [2.75, 3.05) is 26.2 Å². The van der Waals surface area contributed by atoms with E-state index < -0.39 is 10.2 Å². The average molecular weight is 327 g/mol. The topological polar surface area (TPSA) is 71.3 Å². The van der Waals surface area contributed by atoms with Crippen LogP contribution >= 0.6 is 0 Å². The number of aryl methyl sites for hydroxylation is 1. The monoisotopic (exact) mass is 327 g/mol. The minimum absolute atomic E-state index is 0.139. The quantitative estimate of drug-likeness (QED) is 0.829. The summed E-state index contributed by atoms with van der Waals surface area (Å²) in [6.45, 7) is 4.61. The van der Waals surface area contributed by atoms with Crippen LogP contribution in [0.1, 0.15) is 44.3 Å². The van der Waals surface area contributed by atoms with E-state index in [4.69, 9.17) is 0 Å². The first-order valence-corrected chi connectivity index (χ1v) is 9.47. The molecule has 0 saturated carbocycles. The Balaban J connectivity index is 1.72. The van der Waals surface area contributed by atoms with Gasteiger partial charge in [-0.25, -0.2) is 0 Å². The van der Waals surface area contributed by atoms with Gasteiger partial charge in [0.05, 0.1) is 0 Å². The van der Waals surface area contributed by atoms with Crippen LogP contribution in [0, 0.1) is 5.92 Å². The SMILES string of the molecule is CC1CCN(S(=O)(=O)N2CCC[C@@H](c3nncn3C)C2)CC1. The van der Waals surface area contributed by atoms with Gasteiger partial charge in [0.15, 0.2) is 0 Å². The van der Waals surface area contributed by atoms with Gasteiger partial charge in [-0.2, -0.15) is 17.0 Å². The fourth-order valence-electron chi connectivity index (χ4n) is 3.40. The maximum Gasteiger partial charge on any atom is 0.281 e. The molecule has 8 heteroatoms. The van der Waals surface area contributed by atoms with E-state index in [1.54, 1.807) is 14.9 Å². The van der Waals surface area contributed by atoms with Gasteiger partial charge in [-0.15, -0.1) is 10.2 Å². The Hall–Kier alpha value is -0.990. The van der Waals surface area contributed by atoms with E-state index >= 15 is 0 Å². The van der Waals surface area contributed by atoms with E-state index in [1.807, 2.05) is 11.6 Å². The Morgan fingerprint density at radius 2 is 1.86 bits per heavy atom. The molecule has 1 aromatic heterocycles. The number of piperidine rings is 2. The largest absolute Gasteiger partial charge is 0.320 e. The smallest absolute Gasteiger partial charge is 0.281 e. The molecule has 0 unspecified atom stereocenters. The number of nitrogens with zero attached hydrogens (tertiary/aromatic N) is 5. The van der Waals surface area contributed by atoms with Crippen molar-refractivity contribution in [2.24, 2.45) is 13.0 Å². The predicted molar refractivity (Wildman–Crippen MR) is 83.4 cm³/mol. The van der Waals surface area contributed by atoms with E-state index in [0.717, 1.165) is 31.5 Å². The molecule has 1 atom stereocenters. The second-order valence-corrected chi connectivity index (χ2v) is 8.52. The first-order chi connectivity index (χ1) is 10.5. The Kier molecular flexibility index (Phi) is 4.52. The van der Waals surface area contributed by atoms with E-state index in [1.165, 1.54) is 0 Å². The summed E-state index contributed by atoms with van der Waals surface area (Å²) in [5, 5.41) is 8.07. The fourth-order valence-corrected chi connectivity index (χ4v) is 5.13. The summed E-state index contributed by atoms with van der Waals surface area (Å²) in [5.41, 5.74) is 0. The van der Waals surface area contributed by atoms with Crippen LogP contribution in [0.3, 0.4) is 0 Å². The van der Waals surface area contributed by atoms with Gasteiger partial charge in [0.2, 0.25) is 0 Å². The lowest BCUT2D eigenvalue weighted by Crippen LogP contribution is -2.49. The third-order valence-corrected chi connectivity index (χ3v) is 6.89. The zero-order valence-corrected chi connectivity index (χ0v) is 14.2. The number of hydrogen-bond acceptors (Lipinski definition) is 4. The minimum atomic E-state index is -3.34. The van der Waals surface area contributed by atoms with E-state index in [2.05, 4.69) is 17.1 Å². The average Bonchev–Trinajstić information content (AvgIpc) is 2.94. The van der Waals surface area contributed by atoms with E-state index in [9.17, 15) is 8.42 Å². The third-order valence-electron chi connectivity index (χ3n) is 4.89. The lowest BCUT2D eigenvalue weighted by atomic mass is 9.99. The van der Waals surface area contributed by atoms with Crippen LogP contribution in [0.15, 0.2) is 6.33 Å². The molecule has 7 nitrogen and oxygen atoms in total. The van der Waals surface area contributed by atoms with E-state index in [-0.39, 0.29) is 5.92 Å². The number of rotatable bonds is 3. The van der Waals surface area contributed by atoms with Gasteiger partial charge in [-0.05, 0) is 31.6 Å². The first kappa shape index (κ1) is 15.9. The third kappa shape index (κ3) is 3.04. The van der Waals surface area contributed by atoms with Crippen LogP contribution < -0.4 is 0 Å². The summed E-state index contributed by atoms with van der Waals surface area (Å²) in [6.07, 6.45) is 5.44. The highest BCUT2D eigenvalue weighted by atomic mass is 32.2. The molecule has 3 rings (SSSR count). The van der Waals surface area contributed by atoms with Gasteiger partial charge in [-0.1, -0.05) is 6.92 Å². The molecule has 3 heterocycles.